The number of amides is 1. The Morgan fingerprint density at radius 1 is 1.22 bits per heavy atom. The molecule has 8 heteroatoms. The van der Waals surface area contributed by atoms with Gasteiger partial charge in [0.05, 0.1) is 17.7 Å². The molecule has 0 bridgehead atoms. The van der Waals surface area contributed by atoms with Crippen molar-refractivity contribution in [1.82, 2.24) is 15.1 Å². The van der Waals surface area contributed by atoms with Gasteiger partial charge >= 0.3 is 6.09 Å². The van der Waals surface area contributed by atoms with Crippen LogP contribution in [0.4, 0.5) is 4.79 Å². The van der Waals surface area contributed by atoms with Crippen LogP contribution >= 0.6 is 11.3 Å². The van der Waals surface area contributed by atoms with E-state index in [1.54, 1.807) is 6.07 Å². The molecule has 188 valence electrons. The van der Waals surface area contributed by atoms with E-state index in [9.17, 15) is 10.1 Å². The van der Waals surface area contributed by atoms with Crippen LogP contribution in [0.3, 0.4) is 0 Å². The maximum atomic E-state index is 12.9. The van der Waals surface area contributed by atoms with Crippen molar-refractivity contribution < 1.29 is 14.3 Å². The summed E-state index contributed by atoms with van der Waals surface area (Å²) in [7, 11) is 0. The highest BCUT2D eigenvalue weighted by Gasteiger charge is 2.34. The predicted molar refractivity (Wildman–Crippen MR) is 141 cm³/mol. The fraction of sp³-hybridized carbons (Fsp3) is 0.429. The van der Waals surface area contributed by atoms with Crippen molar-refractivity contribution in [2.75, 3.05) is 6.54 Å². The van der Waals surface area contributed by atoms with E-state index in [1.807, 2.05) is 64.6 Å². The first-order valence-corrected chi connectivity index (χ1v) is 13.1. The summed E-state index contributed by atoms with van der Waals surface area (Å²) in [5.74, 6) is 0.568. The van der Waals surface area contributed by atoms with Gasteiger partial charge in [0.1, 0.15) is 27.4 Å². The lowest BCUT2D eigenvalue weighted by molar-refractivity contribution is 0.0171. The average Bonchev–Trinajstić information content (AvgIpc) is 3.46. The van der Waals surface area contributed by atoms with Crippen LogP contribution in [0.15, 0.2) is 36.4 Å². The van der Waals surface area contributed by atoms with Gasteiger partial charge in [-0.05, 0) is 83.7 Å². The average molecular weight is 505 g/mol. The van der Waals surface area contributed by atoms with Gasteiger partial charge in [0.25, 0.3) is 0 Å². The molecule has 1 amide bonds. The molecule has 1 atom stereocenters. The highest BCUT2D eigenvalue weighted by Crippen LogP contribution is 2.42. The van der Waals surface area contributed by atoms with Gasteiger partial charge in [0, 0.05) is 17.7 Å². The fourth-order valence-corrected chi connectivity index (χ4v) is 5.40. The highest BCUT2D eigenvalue weighted by molar-refractivity contribution is 7.17. The topological polar surface area (TPSA) is 88.3 Å². The van der Waals surface area contributed by atoms with Crippen LogP contribution in [0.5, 0.6) is 5.75 Å². The number of hydrogen-bond donors (Lipinski definition) is 0. The van der Waals surface area contributed by atoms with Crippen molar-refractivity contribution in [2.45, 2.75) is 72.1 Å². The summed E-state index contributed by atoms with van der Waals surface area (Å²) in [6, 6.07) is 13.9. The zero-order chi connectivity index (χ0) is 26.0. The summed E-state index contributed by atoms with van der Waals surface area (Å²) < 4.78 is 11.4. The van der Waals surface area contributed by atoms with Crippen LogP contribution < -0.4 is 4.74 Å². The Morgan fingerprint density at radius 2 is 1.97 bits per heavy atom. The Labute approximate surface area is 216 Å². The summed E-state index contributed by atoms with van der Waals surface area (Å²) >= 11 is 1.50. The third-order valence-corrected chi connectivity index (χ3v) is 6.95. The van der Waals surface area contributed by atoms with Crippen LogP contribution in [0, 0.1) is 11.3 Å². The SMILES string of the molecule is CCN(C(=O)OC(C)(C)C)C1CCc2c(-c3nnc(-c4ccc(OC(C)C)c(C#N)c4)s3)cccc21. The van der Waals surface area contributed by atoms with Gasteiger partial charge in [-0.15, -0.1) is 10.2 Å². The lowest BCUT2D eigenvalue weighted by atomic mass is 10.0. The number of hydrogen-bond acceptors (Lipinski definition) is 7. The summed E-state index contributed by atoms with van der Waals surface area (Å²) in [6.45, 7) is 12.1. The van der Waals surface area contributed by atoms with E-state index < -0.39 is 5.60 Å². The normalized spacial score (nSPS) is 14.9. The number of fused-ring (bicyclic) bond motifs is 1. The van der Waals surface area contributed by atoms with E-state index in [1.165, 1.54) is 16.9 Å². The molecule has 4 rings (SSSR count). The Kier molecular flexibility index (Phi) is 7.32. The van der Waals surface area contributed by atoms with Crippen LogP contribution in [0.1, 0.15) is 70.7 Å². The smallest absolute Gasteiger partial charge is 0.410 e. The van der Waals surface area contributed by atoms with Crippen molar-refractivity contribution >= 4 is 17.4 Å². The molecule has 0 aliphatic heterocycles. The van der Waals surface area contributed by atoms with Crippen molar-refractivity contribution in [3.63, 3.8) is 0 Å². The monoisotopic (exact) mass is 504 g/mol. The second kappa shape index (κ2) is 10.3. The van der Waals surface area contributed by atoms with Crippen LogP contribution in [-0.2, 0) is 11.2 Å². The second-order valence-electron chi connectivity index (χ2n) is 10.1. The Morgan fingerprint density at radius 3 is 2.64 bits per heavy atom. The highest BCUT2D eigenvalue weighted by atomic mass is 32.1. The van der Waals surface area contributed by atoms with Gasteiger partial charge in [-0.2, -0.15) is 5.26 Å². The first-order valence-electron chi connectivity index (χ1n) is 12.3. The molecule has 1 aromatic heterocycles. The quantitative estimate of drug-likeness (QED) is 0.368. The molecule has 0 saturated carbocycles. The molecule has 2 aromatic carbocycles. The number of rotatable bonds is 6. The standard InChI is InChI=1S/C28H32N4O3S/c1-7-32(27(33)35-28(4,5)6)23-13-12-20-21(23)9-8-10-22(20)26-31-30-25(36-26)18-11-14-24(34-17(2)3)19(15-18)16-29/h8-11,14-15,17,23H,7,12-13H2,1-6H3. The lowest BCUT2D eigenvalue weighted by Crippen LogP contribution is -2.38. The van der Waals surface area contributed by atoms with E-state index in [4.69, 9.17) is 9.47 Å². The largest absolute Gasteiger partial charge is 0.490 e. The number of nitriles is 1. The lowest BCUT2D eigenvalue weighted by Gasteiger charge is -2.31. The Bertz CT molecular complexity index is 1300. The molecule has 0 fully saturated rings. The minimum Gasteiger partial charge on any atom is -0.490 e. The molecule has 0 N–H and O–H groups in total. The van der Waals surface area contributed by atoms with Gasteiger partial charge < -0.3 is 14.4 Å². The molecular formula is C28H32N4O3S. The summed E-state index contributed by atoms with van der Waals surface area (Å²) in [5.41, 5.74) is 4.15. The molecular weight excluding hydrogens is 472 g/mol. The maximum Gasteiger partial charge on any atom is 0.410 e. The number of benzene rings is 2. The van der Waals surface area contributed by atoms with Crippen molar-refractivity contribution in [3.05, 3.63) is 53.1 Å². The number of aromatic nitrogens is 2. The third kappa shape index (κ3) is 5.36. The maximum absolute atomic E-state index is 12.9. The molecule has 1 aliphatic carbocycles. The van der Waals surface area contributed by atoms with E-state index in [0.29, 0.717) is 17.9 Å². The third-order valence-electron chi connectivity index (χ3n) is 5.95. The number of ether oxygens (including phenoxy) is 2. The second-order valence-corrected chi connectivity index (χ2v) is 11.1. The first kappa shape index (κ1) is 25.6. The summed E-state index contributed by atoms with van der Waals surface area (Å²) in [4.78, 5) is 14.7. The number of carbonyl (C=O) groups excluding carboxylic acids is 1. The molecule has 0 radical (unpaired) electrons. The molecule has 1 heterocycles. The fourth-order valence-electron chi connectivity index (χ4n) is 4.51. The van der Waals surface area contributed by atoms with E-state index in [2.05, 4.69) is 28.4 Å². The summed E-state index contributed by atoms with van der Waals surface area (Å²) in [5, 5.41) is 20.1. The van der Waals surface area contributed by atoms with Crippen molar-refractivity contribution in [1.29, 1.82) is 5.26 Å². The van der Waals surface area contributed by atoms with Gasteiger partial charge in [-0.3, -0.25) is 0 Å². The van der Waals surface area contributed by atoms with Crippen molar-refractivity contribution in [2.24, 2.45) is 0 Å². The minimum absolute atomic E-state index is 0.0148. The molecule has 1 aliphatic rings. The molecule has 36 heavy (non-hydrogen) atoms. The molecule has 1 unspecified atom stereocenters. The number of nitrogens with zero attached hydrogens (tertiary/aromatic N) is 4. The van der Waals surface area contributed by atoms with E-state index in [-0.39, 0.29) is 18.2 Å². The first-order chi connectivity index (χ1) is 17.1. The van der Waals surface area contributed by atoms with Gasteiger partial charge in [-0.25, -0.2) is 4.79 Å². The predicted octanol–water partition coefficient (Wildman–Crippen LogP) is 6.78. The Balaban J connectivity index is 1.63. The van der Waals surface area contributed by atoms with E-state index in [0.717, 1.165) is 39.5 Å². The van der Waals surface area contributed by atoms with E-state index >= 15 is 0 Å². The zero-order valence-corrected chi connectivity index (χ0v) is 22.5. The molecule has 0 saturated heterocycles. The minimum atomic E-state index is -0.540. The molecule has 3 aromatic rings. The van der Waals surface area contributed by atoms with Crippen LogP contribution in [0.2, 0.25) is 0 Å². The zero-order valence-electron chi connectivity index (χ0n) is 21.7. The summed E-state index contributed by atoms with van der Waals surface area (Å²) in [6.07, 6.45) is 1.39. The molecule has 7 nitrogen and oxygen atoms in total. The van der Waals surface area contributed by atoms with Gasteiger partial charge in [0.2, 0.25) is 0 Å². The Hall–Kier alpha value is -3.44. The van der Waals surface area contributed by atoms with Crippen molar-refractivity contribution in [3.8, 4) is 33.0 Å². The van der Waals surface area contributed by atoms with Gasteiger partial charge in [-0.1, -0.05) is 29.5 Å². The van der Waals surface area contributed by atoms with Crippen LogP contribution in [0.25, 0.3) is 21.1 Å². The molecule has 0 spiro atoms. The van der Waals surface area contributed by atoms with Gasteiger partial charge in [0.15, 0.2) is 0 Å². The van der Waals surface area contributed by atoms with Crippen LogP contribution in [-0.4, -0.2) is 39.4 Å². The number of carbonyl (C=O) groups is 1.